The van der Waals surface area contributed by atoms with Gasteiger partial charge in [0.25, 0.3) is 0 Å². The van der Waals surface area contributed by atoms with Gasteiger partial charge in [-0.25, -0.2) is 0 Å². The second-order valence-electron chi connectivity index (χ2n) is 2.93. The number of aromatic nitrogens is 2. The molecule has 4 nitrogen and oxygen atoms in total. The summed E-state index contributed by atoms with van der Waals surface area (Å²) in [7, 11) is 0. The standard InChI is InChI=1S/C10H10BrN3O/c11-9-3-1-2-4-10(9)15-8-5-13-14(6-8)7-12/h1-6H,7,12H2. The monoisotopic (exact) mass is 267 g/mol. The van der Waals surface area contributed by atoms with E-state index in [9.17, 15) is 0 Å². The molecule has 0 bridgehead atoms. The summed E-state index contributed by atoms with van der Waals surface area (Å²) in [5.41, 5.74) is 5.42. The van der Waals surface area contributed by atoms with Crippen LogP contribution in [-0.4, -0.2) is 9.78 Å². The highest BCUT2D eigenvalue weighted by molar-refractivity contribution is 9.10. The first-order valence-electron chi connectivity index (χ1n) is 4.44. The van der Waals surface area contributed by atoms with Gasteiger partial charge >= 0.3 is 0 Å². The Morgan fingerprint density at radius 2 is 2.20 bits per heavy atom. The van der Waals surface area contributed by atoms with Crippen LogP contribution in [0.5, 0.6) is 11.5 Å². The molecule has 0 amide bonds. The smallest absolute Gasteiger partial charge is 0.165 e. The third-order valence-corrected chi connectivity index (χ3v) is 2.52. The van der Waals surface area contributed by atoms with Crippen LogP contribution >= 0.6 is 15.9 Å². The van der Waals surface area contributed by atoms with Gasteiger partial charge in [0.2, 0.25) is 0 Å². The van der Waals surface area contributed by atoms with Crippen molar-refractivity contribution in [3.63, 3.8) is 0 Å². The molecular formula is C10H10BrN3O. The SMILES string of the molecule is NCn1cc(Oc2ccccc2Br)cn1. The number of rotatable bonds is 3. The summed E-state index contributed by atoms with van der Waals surface area (Å²) in [5, 5.41) is 4.01. The first-order valence-corrected chi connectivity index (χ1v) is 5.24. The fourth-order valence-electron chi connectivity index (χ4n) is 1.15. The molecule has 5 heteroatoms. The Balaban J connectivity index is 2.18. The molecule has 0 aliphatic rings. The van der Waals surface area contributed by atoms with Gasteiger partial charge in [-0.05, 0) is 28.1 Å². The summed E-state index contributed by atoms with van der Waals surface area (Å²) >= 11 is 3.40. The lowest BCUT2D eigenvalue weighted by molar-refractivity contribution is 0.478. The molecule has 0 aliphatic carbocycles. The Bertz CT molecular complexity index is 455. The molecule has 0 aliphatic heterocycles. The zero-order chi connectivity index (χ0) is 10.7. The van der Waals surface area contributed by atoms with Gasteiger partial charge in [0.15, 0.2) is 5.75 Å². The van der Waals surface area contributed by atoms with Crippen molar-refractivity contribution in [2.24, 2.45) is 5.73 Å². The molecule has 0 unspecified atom stereocenters. The molecule has 2 N–H and O–H groups in total. The van der Waals surface area contributed by atoms with Crippen LogP contribution in [0.15, 0.2) is 41.1 Å². The molecule has 0 fully saturated rings. The highest BCUT2D eigenvalue weighted by Crippen LogP contribution is 2.28. The van der Waals surface area contributed by atoms with Crippen LogP contribution in [-0.2, 0) is 6.67 Å². The van der Waals surface area contributed by atoms with Crippen LogP contribution in [0.3, 0.4) is 0 Å². The summed E-state index contributed by atoms with van der Waals surface area (Å²) in [6.45, 7) is 0.347. The molecule has 2 rings (SSSR count). The van der Waals surface area contributed by atoms with Crippen LogP contribution in [0.2, 0.25) is 0 Å². The summed E-state index contributed by atoms with van der Waals surface area (Å²) in [4.78, 5) is 0. The average molecular weight is 268 g/mol. The van der Waals surface area contributed by atoms with E-state index in [1.807, 2.05) is 24.3 Å². The minimum Gasteiger partial charge on any atom is -0.453 e. The van der Waals surface area contributed by atoms with Crippen molar-refractivity contribution in [3.8, 4) is 11.5 Å². The number of hydrogen-bond acceptors (Lipinski definition) is 3. The van der Waals surface area contributed by atoms with Gasteiger partial charge in [-0.15, -0.1) is 0 Å². The van der Waals surface area contributed by atoms with Crippen molar-refractivity contribution in [1.29, 1.82) is 0 Å². The molecule has 1 aromatic carbocycles. The molecule has 1 heterocycles. The van der Waals surface area contributed by atoms with E-state index < -0.39 is 0 Å². The van der Waals surface area contributed by atoms with Gasteiger partial charge in [0.05, 0.1) is 23.5 Å². The van der Waals surface area contributed by atoms with Crippen LogP contribution in [0.25, 0.3) is 0 Å². The van der Waals surface area contributed by atoms with Gasteiger partial charge in [0.1, 0.15) is 5.75 Å². The van der Waals surface area contributed by atoms with Gasteiger partial charge in [0, 0.05) is 0 Å². The predicted molar refractivity (Wildman–Crippen MR) is 60.6 cm³/mol. The molecule has 0 radical (unpaired) electrons. The number of ether oxygens (including phenoxy) is 1. The quantitative estimate of drug-likeness (QED) is 0.929. The van der Waals surface area contributed by atoms with E-state index >= 15 is 0 Å². The molecule has 0 saturated carbocycles. The minimum absolute atomic E-state index is 0.347. The second-order valence-corrected chi connectivity index (χ2v) is 3.78. The third-order valence-electron chi connectivity index (χ3n) is 1.86. The molecule has 0 atom stereocenters. The normalized spacial score (nSPS) is 10.3. The summed E-state index contributed by atoms with van der Waals surface area (Å²) in [6.07, 6.45) is 3.38. The fraction of sp³-hybridized carbons (Fsp3) is 0.100. The lowest BCUT2D eigenvalue weighted by Crippen LogP contribution is -2.06. The van der Waals surface area contributed by atoms with Gasteiger partial charge in [-0.2, -0.15) is 5.10 Å². The van der Waals surface area contributed by atoms with E-state index in [4.69, 9.17) is 10.5 Å². The maximum Gasteiger partial charge on any atom is 0.165 e. The van der Waals surface area contributed by atoms with Crippen LogP contribution in [0.4, 0.5) is 0 Å². The molecule has 15 heavy (non-hydrogen) atoms. The third kappa shape index (κ3) is 2.37. The van der Waals surface area contributed by atoms with Crippen molar-refractivity contribution < 1.29 is 4.74 Å². The molecule has 2 aromatic rings. The Morgan fingerprint density at radius 3 is 2.87 bits per heavy atom. The van der Waals surface area contributed by atoms with E-state index in [1.165, 1.54) is 0 Å². The lowest BCUT2D eigenvalue weighted by atomic mass is 10.3. The van der Waals surface area contributed by atoms with E-state index in [1.54, 1.807) is 17.1 Å². The van der Waals surface area contributed by atoms with Gasteiger partial charge in [-0.1, -0.05) is 12.1 Å². The Kier molecular flexibility index (Phi) is 3.03. The first kappa shape index (κ1) is 10.2. The molecule has 0 saturated heterocycles. The van der Waals surface area contributed by atoms with E-state index in [0.717, 1.165) is 10.2 Å². The lowest BCUT2D eigenvalue weighted by Gasteiger charge is -2.03. The summed E-state index contributed by atoms with van der Waals surface area (Å²) < 4.78 is 8.12. The number of halogens is 1. The zero-order valence-electron chi connectivity index (χ0n) is 7.93. The van der Waals surface area contributed by atoms with Crippen LogP contribution in [0.1, 0.15) is 0 Å². The molecular weight excluding hydrogens is 258 g/mol. The number of hydrogen-bond donors (Lipinski definition) is 1. The zero-order valence-corrected chi connectivity index (χ0v) is 9.52. The topological polar surface area (TPSA) is 53.1 Å². The van der Waals surface area contributed by atoms with E-state index in [-0.39, 0.29) is 0 Å². The van der Waals surface area contributed by atoms with Gasteiger partial charge in [-0.3, -0.25) is 4.68 Å². The van der Waals surface area contributed by atoms with Crippen molar-refractivity contribution >= 4 is 15.9 Å². The highest BCUT2D eigenvalue weighted by Gasteiger charge is 2.03. The fourth-order valence-corrected chi connectivity index (χ4v) is 1.52. The van der Waals surface area contributed by atoms with Crippen LogP contribution < -0.4 is 10.5 Å². The number of benzene rings is 1. The van der Waals surface area contributed by atoms with Gasteiger partial charge < -0.3 is 10.5 Å². The molecule has 78 valence electrons. The Labute approximate surface area is 95.8 Å². The average Bonchev–Trinajstić information content (AvgIpc) is 2.69. The van der Waals surface area contributed by atoms with Crippen molar-refractivity contribution in [1.82, 2.24) is 9.78 Å². The minimum atomic E-state index is 0.347. The van der Waals surface area contributed by atoms with E-state index in [2.05, 4.69) is 21.0 Å². The maximum atomic E-state index is 5.61. The Hall–Kier alpha value is -1.33. The Morgan fingerprint density at radius 1 is 1.40 bits per heavy atom. The summed E-state index contributed by atoms with van der Waals surface area (Å²) in [5.74, 6) is 1.43. The van der Waals surface area contributed by atoms with E-state index in [0.29, 0.717) is 12.4 Å². The summed E-state index contributed by atoms with van der Waals surface area (Å²) in [6, 6.07) is 7.64. The van der Waals surface area contributed by atoms with Crippen LogP contribution in [0, 0.1) is 0 Å². The second kappa shape index (κ2) is 4.46. The molecule has 0 spiro atoms. The van der Waals surface area contributed by atoms with Crippen molar-refractivity contribution in [2.75, 3.05) is 0 Å². The van der Waals surface area contributed by atoms with Crippen molar-refractivity contribution in [3.05, 3.63) is 41.1 Å². The largest absolute Gasteiger partial charge is 0.453 e. The predicted octanol–water partition coefficient (Wildman–Crippen LogP) is 2.35. The number of nitrogens with two attached hydrogens (primary N) is 1. The highest BCUT2D eigenvalue weighted by atomic mass is 79.9. The number of para-hydroxylation sites is 1. The number of nitrogens with zero attached hydrogens (tertiary/aromatic N) is 2. The van der Waals surface area contributed by atoms with Crippen molar-refractivity contribution in [2.45, 2.75) is 6.67 Å². The maximum absolute atomic E-state index is 5.61. The first-order chi connectivity index (χ1) is 7.29. The molecule has 1 aromatic heterocycles.